The molecular weight excluding hydrogens is 410 g/mol. The number of nitrogens with one attached hydrogen (secondary N) is 1. The van der Waals surface area contributed by atoms with E-state index in [1.165, 1.54) is 12.8 Å². The van der Waals surface area contributed by atoms with Gasteiger partial charge in [-0.3, -0.25) is 4.79 Å². The van der Waals surface area contributed by atoms with Crippen molar-refractivity contribution in [3.63, 3.8) is 0 Å². The third-order valence-electron chi connectivity index (χ3n) is 8.12. The van der Waals surface area contributed by atoms with Crippen molar-refractivity contribution in [3.05, 3.63) is 23.8 Å². The first-order valence-corrected chi connectivity index (χ1v) is 13.3. The number of piperidine rings is 2. The van der Waals surface area contributed by atoms with Crippen LogP contribution in [0, 0.1) is 11.3 Å². The van der Waals surface area contributed by atoms with Crippen LogP contribution in [0.2, 0.25) is 0 Å². The first kappa shape index (κ1) is 21.4. The van der Waals surface area contributed by atoms with Crippen LogP contribution in [0.1, 0.15) is 64.9 Å². The average Bonchev–Trinajstić information content (AvgIpc) is 3.00. The Kier molecular flexibility index (Phi) is 5.22. The Bertz CT molecular complexity index is 968. The van der Waals surface area contributed by atoms with Gasteiger partial charge in [-0.05, 0) is 87.7 Å². The molecule has 7 heteroatoms. The van der Waals surface area contributed by atoms with Crippen LogP contribution in [0.4, 0.5) is 5.69 Å². The van der Waals surface area contributed by atoms with Crippen LogP contribution in [0.15, 0.2) is 23.1 Å². The predicted octanol–water partition coefficient (Wildman–Crippen LogP) is 3.62. The van der Waals surface area contributed by atoms with E-state index in [0.717, 1.165) is 55.9 Å². The summed E-state index contributed by atoms with van der Waals surface area (Å²) in [4.78, 5) is 15.2. The summed E-state index contributed by atoms with van der Waals surface area (Å²) in [6, 6.07) is 5.98. The summed E-state index contributed by atoms with van der Waals surface area (Å²) in [7, 11) is -3.54. The molecule has 5 rings (SSSR count). The molecule has 3 fully saturated rings. The van der Waals surface area contributed by atoms with Crippen molar-refractivity contribution in [2.45, 2.75) is 88.7 Å². The topological polar surface area (TPSA) is 69.7 Å². The van der Waals surface area contributed by atoms with Crippen LogP contribution in [0.5, 0.6) is 0 Å². The van der Waals surface area contributed by atoms with E-state index in [2.05, 4.69) is 17.1 Å². The lowest BCUT2D eigenvalue weighted by Crippen LogP contribution is -2.53. The van der Waals surface area contributed by atoms with Gasteiger partial charge in [0.05, 0.1) is 4.90 Å². The number of rotatable bonds is 3. The zero-order valence-corrected chi connectivity index (χ0v) is 19.7. The summed E-state index contributed by atoms with van der Waals surface area (Å²) in [6.45, 7) is 8.45. The summed E-state index contributed by atoms with van der Waals surface area (Å²) in [5, 5.41) is 2.93. The monoisotopic (exact) mass is 445 g/mol. The minimum Gasteiger partial charge on any atom is -0.325 e. The van der Waals surface area contributed by atoms with Gasteiger partial charge in [0.15, 0.2) is 0 Å². The Morgan fingerprint density at radius 3 is 2.29 bits per heavy atom. The van der Waals surface area contributed by atoms with E-state index in [1.807, 2.05) is 18.2 Å². The van der Waals surface area contributed by atoms with Gasteiger partial charge in [-0.1, -0.05) is 20.8 Å². The van der Waals surface area contributed by atoms with Crippen molar-refractivity contribution in [2.24, 2.45) is 11.3 Å². The Balaban J connectivity index is 1.37. The maximum Gasteiger partial charge on any atom is 0.243 e. The molecule has 3 saturated heterocycles. The third kappa shape index (κ3) is 3.72. The number of hydrogen-bond donors (Lipinski definition) is 1. The van der Waals surface area contributed by atoms with Gasteiger partial charge in [-0.2, -0.15) is 4.31 Å². The number of hydrogen-bond acceptors (Lipinski definition) is 4. The van der Waals surface area contributed by atoms with E-state index < -0.39 is 15.4 Å². The van der Waals surface area contributed by atoms with Crippen molar-refractivity contribution in [2.75, 3.05) is 18.4 Å². The molecule has 0 unspecified atom stereocenters. The Labute approximate surface area is 186 Å². The van der Waals surface area contributed by atoms with Gasteiger partial charge in [-0.15, -0.1) is 0 Å². The lowest BCUT2D eigenvalue weighted by atomic mass is 9.81. The molecule has 6 nitrogen and oxygen atoms in total. The molecule has 1 amide bonds. The Morgan fingerprint density at radius 2 is 1.65 bits per heavy atom. The zero-order valence-electron chi connectivity index (χ0n) is 18.9. The molecule has 1 N–H and O–H groups in total. The van der Waals surface area contributed by atoms with Gasteiger partial charge in [0.25, 0.3) is 0 Å². The van der Waals surface area contributed by atoms with Crippen molar-refractivity contribution in [1.29, 1.82) is 0 Å². The van der Waals surface area contributed by atoms with Gasteiger partial charge >= 0.3 is 0 Å². The van der Waals surface area contributed by atoms with Crippen molar-refractivity contribution < 1.29 is 13.2 Å². The quantitative estimate of drug-likeness (QED) is 0.771. The highest BCUT2D eigenvalue weighted by Gasteiger charge is 2.48. The highest BCUT2D eigenvalue weighted by atomic mass is 32.2. The van der Waals surface area contributed by atoms with Crippen LogP contribution < -0.4 is 5.32 Å². The summed E-state index contributed by atoms with van der Waals surface area (Å²) in [5.74, 6) is 0.801. The molecule has 31 heavy (non-hydrogen) atoms. The highest BCUT2D eigenvalue weighted by molar-refractivity contribution is 7.89. The summed E-state index contributed by atoms with van der Waals surface area (Å²) in [6.07, 6.45) is 6.93. The normalized spacial score (nSPS) is 32.0. The molecule has 0 aromatic heterocycles. The molecular formula is C24H35N3O3S. The fourth-order valence-corrected chi connectivity index (χ4v) is 8.10. The molecule has 0 aliphatic carbocycles. The molecule has 3 atom stereocenters. The van der Waals surface area contributed by atoms with Gasteiger partial charge in [0.1, 0.15) is 0 Å². The highest BCUT2D eigenvalue weighted by Crippen LogP contribution is 2.43. The van der Waals surface area contributed by atoms with E-state index in [-0.39, 0.29) is 18.0 Å². The molecule has 0 radical (unpaired) electrons. The first-order chi connectivity index (χ1) is 14.6. The summed E-state index contributed by atoms with van der Waals surface area (Å²) >= 11 is 0. The molecule has 4 aliphatic heterocycles. The zero-order chi connectivity index (χ0) is 22.0. The molecule has 2 bridgehead atoms. The van der Waals surface area contributed by atoms with Crippen molar-refractivity contribution in [1.82, 2.24) is 9.21 Å². The third-order valence-corrected chi connectivity index (χ3v) is 10.1. The number of carbonyl (C=O) groups is 1. The van der Waals surface area contributed by atoms with Crippen molar-refractivity contribution >= 4 is 21.6 Å². The maximum atomic E-state index is 13.7. The van der Waals surface area contributed by atoms with E-state index >= 15 is 0 Å². The lowest BCUT2D eigenvalue weighted by Gasteiger charge is -2.44. The lowest BCUT2D eigenvalue weighted by molar-refractivity contribution is -0.124. The molecule has 170 valence electrons. The van der Waals surface area contributed by atoms with Crippen LogP contribution in [-0.4, -0.2) is 54.7 Å². The molecule has 4 heterocycles. The molecule has 1 aromatic rings. The largest absolute Gasteiger partial charge is 0.325 e. The SMILES string of the molecule is CC1CCN([C@@H]2C[C@H]3CC[C@@H](C2)N3S(=O)(=O)c2ccc3c(c2)CC(C)(C)C(=O)N3)CC1. The maximum absolute atomic E-state index is 13.7. The van der Waals surface area contributed by atoms with Crippen LogP contribution in [0.25, 0.3) is 0 Å². The van der Waals surface area contributed by atoms with Gasteiger partial charge in [-0.25, -0.2) is 8.42 Å². The molecule has 0 saturated carbocycles. The second kappa shape index (κ2) is 7.56. The van der Waals surface area contributed by atoms with Crippen LogP contribution in [-0.2, 0) is 21.2 Å². The number of carbonyl (C=O) groups excluding carboxylic acids is 1. The number of fused-ring (bicyclic) bond motifs is 3. The number of likely N-dealkylation sites (tertiary alicyclic amines) is 1. The van der Waals surface area contributed by atoms with E-state index in [9.17, 15) is 13.2 Å². The fraction of sp³-hybridized carbons (Fsp3) is 0.708. The number of nitrogens with zero attached hydrogens (tertiary/aromatic N) is 2. The molecule has 1 aromatic carbocycles. The second-order valence-electron chi connectivity index (χ2n) is 10.9. The van der Waals surface area contributed by atoms with E-state index in [1.54, 1.807) is 18.2 Å². The van der Waals surface area contributed by atoms with Crippen LogP contribution >= 0.6 is 0 Å². The van der Waals surface area contributed by atoms with Gasteiger partial charge in [0, 0.05) is 29.2 Å². The fourth-order valence-electron chi connectivity index (χ4n) is 6.16. The Hall–Kier alpha value is -1.44. The van der Waals surface area contributed by atoms with E-state index in [0.29, 0.717) is 17.4 Å². The number of benzene rings is 1. The molecule has 0 spiro atoms. The Morgan fingerprint density at radius 1 is 1.00 bits per heavy atom. The van der Waals surface area contributed by atoms with Gasteiger partial charge in [0.2, 0.25) is 15.9 Å². The van der Waals surface area contributed by atoms with Crippen molar-refractivity contribution in [3.8, 4) is 0 Å². The minimum absolute atomic E-state index is 0.0113. The smallest absolute Gasteiger partial charge is 0.243 e. The second-order valence-corrected chi connectivity index (χ2v) is 12.7. The van der Waals surface area contributed by atoms with E-state index in [4.69, 9.17) is 0 Å². The predicted molar refractivity (Wildman–Crippen MR) is 121 cm³/mol. The summed E-state index contributed by atoms with van der Waals surface area (Å²) in [5.41, 5.74) is 1.12. The van der Waals surface area contributed by atoms with Gasteiger partial charge < -0.3 is 10.2 Å². The standard InChI is InChI=1S/C24H35N3O3S/c1-16-8-10-26(11-9-16)20-13-18-4-5-19(14-20)27(18)31(29,30)21-6-7-22-17(12-21)15-24(2,3)23(28)25-22/h6-7,12,16,18-20H,4-5,8-11,13-15H2,1-3H3,(H,25,28)/t18-,19+,20-. The molecule has 4 aliphatic rings. The van der Waals surface area contributed by atoms with Crippen LogP contribution in [0.3, 0.4) is 0 Å². The number of anilines is 1. The minimum atomic E-state index is -3.54. The number of amides is 1. The first-order valence-electron chi connectivity index (χ1n) is 11.9. The summed E-state index contributed by atoms with van der Waals surface area (Å²) < 4.78 is 29.3. The number of sulfonamides is 1. The average molecular weight is 446 g/mol.